The number of rotatable bonds is 5. The second kappa shape index (κ2) is 5.05. The summed E-state index contributed by atoms with van der Waals surface area (Å²) in [6, 6.07) is 4.70. The van der Waals surface area contributed by atoms with Gasteiger partial charge in [0.25, 0.3) is 0 Å². The second-order valence-corrected chi connectivity index (χ2v) is 5.49. The van der Waals surface area contributed by atoms with E-state index in [4.69, 9.17) is 5.73 Å². The number of thiophene rings is 1. The van der Waals surface area contributed by atoms with Gasteiger partial charge in [0, 0.05) is 25.7 Å². The summed E-state index contributed by atoms with van der Waals surface area (Å²) in [5.41, 5.74) is 7.10. The lowest BCUT2D eigenvalue weighted by Crippen LogP contribution is -2.26. The van der Waals surface area contributed by atoms with E-state index in [1.807, 2.05) is 13.1 Å². The number of nitrogens with one attached hydrogen (secondary N) is 1. The minimum atomic E-state index is 0.317. The number of anilines is 3. The molecular formula is C13H17N5S. The smallest absolute Gasteiger partial charge is 0.223 e. The molecule has 0 saturated heterocycles. The summed E-state index contributed by atoms with van der Waals surface area (Å²) >= 11 is 1.72. The van der Waals surface area contributed by atoms with Crippen LogP contribution in [0.15, 0.2) is 22.9 Å². The maximum absolute atomic E-state index is 5.78. The first kappa shape index (κ1) is 12.2. The molecule has 0 bridgehead atoms. The van der Waals surface area contributed by atoms with E-state index < -0.39 is 0 Å². The van der Waals surface area contributed by atoms with E-state index >= 15 is 0 Å². The summed E-state index contributed by atoms with van der Waals surface area (Å²) in [4.78, 5) is 10.8. The summed E-state index contributed by atoms with van der Waals surface area (Å²) < 4.78 is 0. The Kier molecular flexibility index (Phi) is 3.25. The molecule has 0 aromatic carbocycles. The van der Waals surface area contributed by atoms with Gasteiger partial charge in [-0.05, 0) is 35.2 Å². The summed E-state index contributed by atoms with van der Waals surface area (Å²) in [5, 5.41) is 7.31. The van der Waals surface area contributed by atoms with Gasteiger partial charge in [-0.3, -0.25) is 0 Å². The number of aromatic nitrogens is 2. The third-order valence-corrected chi connectivity index (χ3v) is 3.93. The van der Waals surface area contributed by atoms with Gasteiger partial charge in [0.2, 0.25) is 5.95 Å². The average molecular weight is 275 g/mol. The molecule has 2 aromatic heterocycles. The highest BCUT2D eigenvalue weighted by Gasteiger charge is 2.30. The molecular weight excluding hydrogens is 258 g/mol. The lowest BCUT2D eigenvalue weighted by atomic mass is 10.3. The van der Waals surface area contributed by atoms with Crippen molar-refractivity contribution in [2.45, 2.75) is 25.4 Å². The van der Waals surface area contributed by atoms with Crippen molar-refractivity contribution in [3.8, 4) is 0 Å². The Balaban J connectivity index is 1.89. The molecule has 0 spiro atoms. The molecule has 1 fully saturated rings. The topological polar surface area (TPSA) is 67.1 Å². The van der Waals surface area contributed by atoms with Gasteiger partial charge in [0.15, 0.2) is 0 Å². The van der Waals surface area contributed by atoms with Crippen LogP contribution in [0.2, 0.25) is 0 Å². The SMILES string of the molecule is CNc1cc(N(Cc2ccsc2)C2CC2)nc(N)n1. The minimum Gasteiger partial charge on any atom is -0.373 e. The van der Waals surface area contributed by atoms with Gasteiger partial charge in [-0.1, -0.05) is 0 Å². The van der Waals surface area contributed by atoms with Gasteiger partial charge < -0.3 is 16.0 Å². The summed E-state index contributed by atoms with van der Waals surface area (Å²) in [5.74, 6) is 1.99. The predicted molar refractivity (Wildman–Crippen MR) is 79.5 cm³/mol. The molecule has 0 amide bonds. The first-order valence-electron chi connectivity index (χ1n) is 6.36. The third kappa shape index (κ3) is 2.78. The van der Waals surface area contributed by atoms with Gasteiger partial charge in [0.1, 0.15) is 11.6 Å². The van der Waals surface area contributed by atoms with Crippen molar-refractivity contribution in [2.75, 3.05) is 23.0 Å². The van der Waals surface area contributed by atoms with Crippen LogP contribution in [0, 0.1) is 0 Å². The van der Waals surface area contributed by atoms with Crippen LogP contribution >= 0.6 is 11.3 Å². The highest BCUT2D eigenvalue weighted by atomic mass is 32.1. The van der Waals surface area contributed by atoms with Crippen molar-refractivity contribution >= 4 is 28.9 Å². The number of hydrogen-bond acceptors (Lipinski definition) is 6. The zero-order valence-electron chi connectivity index (χ0n) is 10.8. The fourth-order valence-corrected chi connectivity index (χ4v) is 2.75. The first-order chi connectivity index (χ1) is 9.26. The Morgan fingerprint density at radius 1 is 1.47 bits per heavy atom. The molecule has 3 N–H and O–H groups in total. The molecule has 6 heteroatoms. The van der Waals surface area contributed by atoms with Crippen LogP contribution in [-0.4, -0.2) is 23.1 Å². The summed E-state index contributed by atoms with van der Waals surface area (Å²) in [6.07, 6.45) is 2.45. The number of hydrogen-bond donors (Lipinski definition) is 2. The molecule has 19 heavy (non-hydrogen) atoms. The normalized spacial score (nSPS) is 14.4. The van der Waals surface area contributed by atoms with Crippen LogP contribution in [-0.2, 0) is 6.54 Å². The molecule has 0 radical (unpaired) electrons. The van der Waals surface area contributed by atoms with E-state index in [0.717, 1.165) is 18.2 Å². The first-order valence-corrected chi connectivity index (χ1v) is 7.30. The Morgan fingerprint density at radius 3 is 2.95 bits per heavy atom. The van der Waals surface area contributed by atoms with Crippen LogP contribution in [0.25, 0.3) is 0 Å². The fraction of sp³-hybridized carbons (Fsp3) is 0.385. The van der Waals surface area contributed by atoms with Crippen LogP contribution in [0.5, 0.6) is 0 Å². The third-order valence-electron chi connectivity index (χ3n) is 3.20. The second-order valence-electron chi connectivity index (χ2n) is 4.71. The average Bonchev–Trinajstić information content (AvgIpc) is 3.12. The Labute approximate surface area is 116 Å². The van der Waals surface area contributed by atoms with Crippen molar-refractivity contribution < 1.29 is 0 Å². The van der Waals surface area contributed by atoms with Crippen LogP contribution < -0.4 is 16.0 Å². The van der Waals surface area contributed by atoms with Crippen molar-refractivity contribution in [3.05, 3.63) is 28.5 Å². The van der Waals surface area contributed by atoms with Gasteiger partial charge in [-0.2, -0.15) is 21.3 Å². The molecule has 3 rings (SSSR count). The highest BCUT2D eigenvalue weighted by molar-refractivity contribution is 7.07. The van der Waals surface area contributed by atoms with Crippen LogP contribution in [0.3, 0.4) is 0 Å². The molecule has 2 heterocycles. The Bertz CT molecular complexity index is 550. The zero-order chi connectivity index (χ0) is 13.2. The van der Waals surface area contributed by atoms with Crippen molar-refractivity contribution in [1.29, 1.82) is 0 Å². The molecule has 0 unspecified atom stereocenters. The van der Waals surface area contributed by atoms with E-state index in [9.17, 15) is 0 Å². The molecule has 2 aromatic rings. The van der Waals surface area contributed by atoms with Crippen LogP contribution in [0.4, 0.5) is 17.6 Å². The maximum atomic E-state index is 5.78. The standard InChI is InChI=1S/C13H17N5S/c1-15-11-6-12(17-13(14)16-11)18(10-2-3-10)7-9-4-5-19-8-9/h4-6,8,10H,2-3,7H2,1H3,(H3,14,15,16,17). The quantitative estimate of drug-likeness (QED) is 0.876. The van der Waals surface area contributed by atoms with Gasteiger partial charge in [-0.25, -0.2) is 0 Å². The van der Waals surface area contributed by atoms with Crippen molar-refractivity contribution in [1.82, 2.24) is 9.97 Å². The van der Waals surface area contributed by atoms with Gasteiger partial charge in [0.05, 0.1) is 0 Å². The fourth-order valence-electron chi connectivity index (χ4n) is 2.09. The molecule has 1 aliphatic rings. The lowest BCUT2D eigenvalue weighted by molar-refractivity contribution is 0.779. The summed E-state index contributed by atoms with van der Waals surface area (Å²) in [6.45, 7) is 0.883. The van der Waals surface area contributed by atoms with Crippen LogP contribution in [0.1, 0.15) is 18.4 Å². The molecule has 0 aliphatic heterocycles. The number of nitrogens with zero attached hydrogens (tertiary/aromatic N) is 3. The summed E-state index contributed by atoms with van der Waals surface area (Å²) in [7, 11) is 1.84. The minimum absolute atomic E-state index is 0.317. The van der Waals surface area contributed by atoms with E-state index in [2.05, 4.69) is 37.0 Å². The van der Waals surface area contributed by atoms with E-state index in [0.29, 0.717) is 12.0 Å². The zero-order valence-corrected chi connectivity index (χ0v) is 11.7. The molecule has 0 atom stereocenters. The monoisotopic (exact) mass is 275 g/mol. The Hall–Kier alpha value is -1.82. The maximum Gasteiger partial charge on any atom is 0.223 e. The van der Waals surface area contributed by atoms with Crippen molar-refractivity contribution in [3.63, 3.8) is 0 Å². The number of nitrogens with two attached hydrogens (primary N) is 1. The van der Waals surface area contributed by atoms with Gasteiger partial charge in [-0.15, -0.1) is 0 Å². The predicted octanol–water partition coefficient (Wildman–Crippen LogP) is 2.33. The van der Waals surface area contributed by atoms with E-state index in [1.54, 1.807) is 11.3 Å². The lowest BCUT2D eigenvalue weighted by Gasteiger charge is -2.23. The van der Waals surface area contributed by atoms with E-state index in [-0.39, 0.29) is 0 Å². The molecule has 1 aliphatic carbocycles. The number of nitrogen functional groups attached to an aromatic ring is 1. The largest absolute Gasteiger partial charge is 0.373 e. The van der Waals surface area contributed by atoms with Gasteiger partial charge >= 0.3 is 0 Å². The molecule has 1 saturated carbocycles. The molecule has 5 nitrogen and oxygen atoms in total. The highest BCUT2D eigenvalue weighted by Crippen LogP contribution is 2.33. The Morgan fingerprint density at radius 2 is 2.32 bits per heavy atom. The van der Waals surface area contributed by atoms with E-state index in [1.165, 1.54) is 18.4 Å². The van der Waals surface area contributed by atoms with Crippen molar-refractivity contribution in [2.24, 2.45) is 0 Å². The molecule has 100 valence electrons.